The van der Waals surface area contributed by atoms with Crippen LogP contribution < -0.4 is 5.32 Å². The number of aryl methyl sites for hydroxylation is 1. The molecule has 1 heterocycles. The van der Waals surface area contributed by atoms with E-state index in [9.17, 15) is 0 Å². The second-order valence-corrected chi connectivity index (χ2v) is 4.93. The lowest BCUT2D eigenvalue weighted by Gasteiger charge is -2.16. The van der Waals surface area contributed by atoms with Gasteiger partial charge in [-0.2, -0.15) is 0 Å². The third kappa shape index (κ3) is 4.40. The van der Waals surface area contributed by atoms with Crippen molar-refractivity contribution in [3.63, 3.8) is 0 Å². The maximum absolute atomic E-state index is 5.38. The molecule has 0 radical (unpaired) electrons. The normalized spacial score (nSPS) is 13.3. The van der Waals surface area contributed by atoms with E-state index in [-0.39, 0.29) is 0 Å². The van der Waals surface area contributed by atoms with Crippen LogP contribution in [0.25, 0.3) is 0 Å². The third-order valence-electron chi connectivity index (χ3n) is 2.88. The maximum Gasteiger partial charge on any atom is 0.101 e. The molecule has 1 N–H and O–H groups in total. The molecule has 1 unspecified atom stereocenters. The average Bonchev–Trinajstić information content (AvgIpc) is 2.63. The van der Waals surface area contributed by atoms with Gasteiger partial charge in [0.1, 0.15) is 5.76 Å². The van der Waals surface area contributed by atoms with Crippen molar-refractivity contribution in [2.45, 2.75) is 53.0 Å². The van der Waals surface area contributed by atoms with Crippen molar-refractivity contribution < 1.29 is 4.42 Å². The summed E-state index contributed by atoms with van der Waals surface area (Å²) in [5, 5.41) is 3.53. The summed E-state index contributed by atoms with van der Waals surface area (Å²) in [6.45, 7) is 9.73. The largest absolute Gasteiger partial charge is 0.469 e. The third-order valence-corrected chi connectivity index (χ3v) is 2.88. The minimum atomic E-state index is 0.459. The standard InChI is InChI=1S/C14H25NO/c1-5-15-14(8-6-7-11(2)3)13-9-12(4)16-10-13/h9-11,14-15H,5-8H2,1-4H3. The molecular formula is C14H25NO. The SMILES string of the molecule is CCNC(CCCC(C)C)c1coc(C)c1. The second kappa shape index (κ2) is 6.74. The summed E-state index contributed by atoms with van der Waals surface area (Å²) in [5.41, 5.74) is 1.29. The number of nitrogens with one attached hydrogen (secondary N) is 1. The molecule has 16 heavy (non-hydrogen) atoms. The van der Waals surface area contributed by atoms with E-state index in [1.54, 1.807) is 0 Å². The minimum absolute atomic E-state index is 0.459. The Balaban J connectivity index is 2.47. The minimum Gasteiger partial charge on any atom is -0.469 e. The van der Waals surface area contributed by atoms with Gasteiger partial charge >= 0.3 is 0 Å². The van der Waals surface area contributed by atoms with E-state index in [1.165, 1.54) is 24.8 Å². The van der Waals surface area contributed by atoms with Crippen LogP contribution in [0.1, 0.15) is 57.4 Å². The molecule has 0 bridgehead atoms. The van der Waals surface area contributed by atoms with E-state index >= 15 is 0 Å². The summed E-state index contributed by atoms with van der Waals surface area (Å²) in [7, 11) is 0. The van der Waals surface area contributed by atoms with Crippen LogP contribution in [0.4, 0.5) is 0 Å². The van der Waals surface area contributed by atoms with Crippen molar-refractivity contribution >= 4 is 0 Å². The van der Waals surface area contributed by atoms with Gasteiger partial charge in [0.2, 0.25) is 0 Å². The van der Waals surface area contributed by atoms with Crippen LogP contribution in [-0.2, 0) is 0 Å². The van der Waals surface area contributed by atoms with Gasteiger partial charge in [-0.1, -0.05) is 33.6 Å². The maximum atomic E-state index is 5.38. The zero-order chi connectivity index (χ0) is 12.0. The summed E-state index contributed by atoms with van der Waals surface area (Å²) in [6, 6.07) is 2.60. The molecule has 0 spiro atoms. The molecule has 92 valence electrons. The van der Waals surface area contributed by atoms with Crippen molar-refractivity contribution in [3.05, 3.63) is 23.7 Å². The number of furan rings is 1. The molecule has 0 aromatic carbocycles. The predicted octanol–water partition coefficient (Wildman–Crippen LogP) is 4.06. The molecule has 0 saturated heterocycles. The molecule has 1 aromatic rings. The van der Waals surface area contributed by atoms with E-state index in [2.05, 4.69) is 32.2 Å². The van der Waals surface area contributed by atoms with Gasteiger partial charge in [0.05, 0.1) is 6.26 Å². The highest BCUT2D eigenvalue weighted by Crippen LogP contribution is 2.22. The lowest BCUT2D eigenvalue weighted by atomic mass is 9.99. The first kappa shape index (κ1) is 13.3. The Labute approximate surface area is 99.4 Å². The predicted molar refractivity (Wildman–Crippen MR) is 68.6 cm³/mol. The highest BCUT2D eigenvalue weighted by molar-refractivity contribution is 5.16. The molecule has 1 rings (SSSR count). The Hall–Kier alpha value is -0.760. The monoisotopic (exact) mass is 223 g/mol. The Morgan fingerprint density at radius 1 is 1.31 bits per heavy atom. The first-order valence-electron chi connectivity index (χ1n) is 6.42. The van der Waals surface area contributed by atoms with Crippen molar-refractivity contribution in [1.82, 2.24) is 5.32 Å². The van der Waals surface area contributed by atoms with Crippen LogP contribution in [0.5, 0.6) is 0 Å². The molecule has 1 atom stereocenters. The topological polar surface area (TPSA) is 25.2 Å². The molecular weight excluding hydrogens is 198 g/mol. The van der Waals surface area contributed by atoms with Crippen LogP contribution in [-0.4, -0.2) is 6.54 Å². The molecule has 0 aliphatic heterocycles. The van der Waals surface area contributed by atoms with Gasteiger partial charge in [0.25, 0.3) is 0 Å². The highest BCUT2D eigenvalue weighted by Gasteiger charge is 2.12. The summed E-state index contributed by atoms with van der Waals surface area (Å²) in [5.74, 6) is 1.80. The lowest BCUT2D eigenvalue weighted by Crippen LogP contribution is -2.20. The molecule has 0 saturated carbocycles. The van der Waals surface area contributed by atoms with Gasteiger partial charge in [-0.05, 0) is 31.9 Å². The summed E-state index contributed by atoms with van der Waals surface area (Å²) >= 11 is 0. The van der Waals surface area contributed by atoms with Gasteiger partial charge in [0.15, 0.2) is 0 Å². The first-order chi connectivity index (χ1) is 7.63. The Bertz CT molecular complexity index is 291. The summed E-state index contributed by atoms with van der Waals surface area (Å²) in [6.07, 6.45) is 5.67. The highest BCUT2D eigenvalue weighted by atomic mass is 16.3. The molecule has 0 aliphatic carbocycles. The van der Waals surface area contributed by atoms with Gasteiger partial charge in [-0.25, -0.2) is 0 Å². The second-order valence-electron chi connectivity index (χ2n) is 4.93. The Morgan fingerprint density at radius 3 is 2.56 bits per heavy atom. The van der Waals surface area contributed by atoms with Crippen molar-refractivity contribution in [1.29, 1.82) is 0 Å². The Morgan fingerprint density at radius 2 is 2.06 bits per heavy atom. The van der Waals surface area contributed by atoms with Gasteiger partial charge in [-0.15, -0.1) is 0 Å². The zero-order valence-electron chi connectivity index (χ0n) is 11.0. The molecule has 0 amide bonds. The van der Waals surface area contributed by atoms with Crippen LogP contribution in [0.15, 0.2) is 16.7 Å². The summed E-state index contributed by atoms with van der Waals surface area (Å²) in [4.78, 5) is 0. The van der Waals surface area contributed by atoms with Gasteiger partial charge in [0, 0.05) is 11.6 Å². The summed E-state index contributed by atoms with van der Waals surface area (Å²) < 4.78 is 5.38. The van der Waals surface area contributed by atoms with Crippen molar-refractivity contribution in [3.8, 4) is 0 Å². The fourth-order valence-corrected chi connectivity index (χ4v) is 2.01. The van der Waals surface area contributed by atoms with Crippen LogP contribution in [0.3, 0.4) is 0 Å². The number of hydrogen-bond donors (Lipinski definition) is 1. The van der Waals surface area contributed by atoms with Crippen LogP contribution >= 0.6 is 0 Å². The first-order valence-corrected chi connectivity index (χ1v) is 6.42. The smallest absolute Gasteiger partial charge is 0.101 e. The van der Waals surface area contributed by atoms with E-state index in [0.717, 1.165) is 18.2 Å². The van der Waals surface area contributed by atoms with Crippen molar-refractivity contribution in [2.24, 2.45) is 5.92 Å². The fourth-order valence-electron chi connectivity index (χ4n) is 2.01. The van der Waals surface area contributed by atoms with Gasteiger partial charge < -0.3 is 9.73 Å². The molecule has 0 aliphatic rings. The number of rotatable bonds is 7. The molecule has 2 nitrogen and oxygen atoms in total. The van der Waals surface area contributed by atoms with E-state index in [1.807, 2.05) is 13.2 Å². The lowest BCUT2D eigenvalue weighted by molar-refractivity contribution is 0.450. The fraction of sp³-hybridized carbons (Fsp3) is 0.714. The van der Waals surface area contributed by atoms with E-state index in [4.69, 9.17) is 4.42 Å². The zero-order valence-corrected chi connectivity index (χ0v) is 11.0. The van der Waals surface area contributed by atoms with E-state index in [0.29, 0.717) is 6.04 Å². The van der Waals surface area contributed by atoms with Crippen molar-refractivity contribution in [2.75, 3.05) is 6.54 Å². The van der Waals surface area contributed by atoms with E-state index < -0.39 is 0 Å². The molecule has 0 fully saturated rings. The van der Waals surface area contributed by atoms with Gasteiger partial charge in [-0.3, -0.25) is 0 Å². The Kier molecular flexibility index (Phi) is 5.61. The molecule has 1 aromatic heterocycles. The quantitative estimate of drug-likeness (QED) is 0.754. The van der Waals surface area contributed by atoms with Crippen LogP contribution in [0, 0.1) is 12.8 Å². The molecule has 2 heteroatoms. The average molecular weight is 223 g/mol. The number of hydrogen-bond acceptors (Lipinski definition) is 2. The van der Waals surface area contributed by atoms with Crippen LogP contribution in [0.2, 0.25) is 0 Å².